The lowest BCUT2D eigenvalue weighted by Crippen LogP contribution is -2.15. The Balaban J connectivity index is 1.77. The second-order valence-corrected chi connectivity index (χ2v) is 4.71. The summed E-state index contributed by atoms with van der Waals surface area (Å²) in [6.07, 6.45) is 1.87. The smallest absolute Gasteiger partial charge is 0.228 e. The van der Waals surface area contributed by atoms with E-state index in [9.17, 15) is 13.6 Å². The molecule has 5 heteroatoms. The van der Waals surface area contributed by atoms with Gasteiger partial charge in [-0.25, -0.2) is 8.78 Å². The highest BCUT2D eigenvalue weighted by Gasteiger charge is 2.11. The minimum absolute atomic E-state index is 0.0266. The molecule has 0 bridgehead atoms. The van der Waals surface area contributed by atoms with E-state index in [0.717, 1.165) is 28.6 Å². The summed E-state index contributed by atoms with van der Waals surface area (Å²) in [5, 5.41) is 3.40. The number of nitrogens with one attached hydrogen (secondary N) is 2. The van der Waals surface area contributed by atoms with Crippen molar-refractivity contribution in [1.29, 1.82) is 0 Å². The molecule has 1 aromatic heterocycles. The Morgan fingerprint density at radius 1 is 1.14 bits per heavy atom. The van der Waals surface area contributed by atoms with E-state index in [-0.39, 0.29) is 18.0 Å². The van der Waals surface area contributed by atoms with Gasteiger partial charge in [-0.3, -0.25) is 4.79 Å². The van der Waals surface area contributed by atoms with Gasteiger partial charge in [0.15, 0.2) is 0 Å². The molecule has 0 atom stereocenters. The van der Waals surface area contributed by atoms with Crippen molar-refractivity contribution in [2.45, 2.75) is 6.42 Å². The van der Waals surface area contributed by atoms with Gasteiger partial charge >= 0.3 is 0 Å². The van der Waals surface area contributed by atoms with Crippen LogP contribution < -0.4 is 5.32 Å². The maximum absolute atomic E-state index is 13.5. The number of aromatic amines is 1. The van der Waals surface area contributed by atoms with Crippen molar-refractivity contribution in [3.05, 3.63) is 65.9 Å². The number of amides is 1. The molecule has 1 heterocycles. The fourth-order valence-electron chi connectivity index (χ4n) is 2.24. The lowest BCUT2D eigenvalue weighted by atomic mass is 10.1. The highest BCUT2D eigenvalue weighted by Crippen LogP contribution is 2.19. The first-order valence-electron chi connectivity index (χ1n) is 6.43. The number of para-hydroxylation sites is 1. The third-order valence-electron chi connectivity index (χ3n) is 3.23. The van der Waals surface area contributed by atoms with Crippen LogP contribution in [0.2, 0.25) is 0 Å². The molecule has 3 nitrogen and oxygen atoms in total. The quantitative estimate of drug-likeness (QED) is 0.758. The van der Waals surface area contributed by atoms with Gasteiger partial charge in [-0.1, -0.05) is 18.2 Å². The average molecular weight is 286 g/mol. The summed E-state index contributed by atoms with van der Waals surface area (Å²) in [4.78, 5) is 15.0. The van der Waals surface area contributed by atoms with E-state index in [0.29, 0.717) is 0 Å². The average Bonchev–Trinajstić information content (AvgIpc) is 2.85. The lowest BCUT2D eigenvalue weighted by Gasteiger charge is -2.06. The number of benzene rings is 2. The second kappa shape index (κ2) is 5.36. The predicted octanol–water partition coefficient (Wildman–Crippen LogP) is 3.63. The lowest BCUT2D eigenvalue weighted by molar-refractivity contribution is -0.115. The molecular weight excluding hydrogens is 274 g/mol. The predicted molar refractivity (Wildman–Crippen MR) is 77.0 cm³/mol. The highest BCUT2D eigenvalue weighted by atomic mass is 19.1. The van der Waals surface area contributed by atoms with Crippen LogP contribution in [0.3, 0.4) is 0 Å². The zero-order valence-corrected chi connectivity index (χ0v) is 11.0. The summed E-state index contributed by atoms with van der Waals surface area (Å²) in [7, 11) is 0. The second-order valence-electron chi connectivity index (χ2n) is 4.71. The normalized spacial score (nSPS) is 10.8. The number of anilines is 1. The van der Waals surface area contributed by atoms with Gasteiger partial charge in [0.2, 0.25) is 5.91 Å². The molecule has 0 saturated carbocycles. The minimum atomic E-state index is -0.790. The van der Waals surface area contributed by atoms with Crippen LogP contribution in [0.1, 0.15) is 5.56 Å². The van der Waals surface area contributed by atoms with Gasteiger partial charge in [0.05, 0.1) is 12.1 Å². The molecule has 0 unspecified atom stereocenters. The molecule has 0 aliphatic carbocycles. The molecule has 0 spiro atoms. The fourth-order valence-corrected chi connectivity index (χ4v) is 2.24. The summed E-state index contributed by atoms with van der Waals surface area (Å²) in [6.45, 7) is 0. The Labute approximate surface area is 119 Å². The van der Waals surface area contributed by atoms with Crippen LogP contribution in [0.25, 0.3) is 10.9 Å². The van der Waals surface area contributed by atoms with Crippen molar-refractivity contribution >= 4 is 22.5 Å². The number of carbonyl (C=O) groups is 1. The molecule has 2 aromatic carbocycles. The van der Waals surface area contributed by atoms with Gasteiger partial charge in [-0.2, -0.15) is 0 Å². The molecule has 0 aliphatic heterocycles. The third kappa shape index (κ3) is 2.76. The number of hydrogen-bond acceptors (Lipinski definition) is 1. The van der Waals surface area contributed by atoms with Crippen LogP contribution in [-0.2, 0) is 11.2 Å². The molecule has 106 valence electrons. The molecule has 0 aliphatic rings. The minimum Gasteiger partial charge on any atom is -0.361 e. The molecule has 3 aromatic rings. The number of rotatable bonds is 3. The Kier molecular flexibility index (Phi) is 3.39. The fraction of sp³-hybridized carbons (Fsp3) is 0.0625. The van der Waals surface area contributed by atoms with Crippen LogP contribution in [0.5, 0.6) is 0 Å². The molecule has 3 rings (SSSR count). The van der Waals surface area contributed by atoms with Gasteiger partial charge in [0, 0.05) is 23.2 Å². The molecule has 0 radical (unpaired) electrons. The third-order valence-corrected chi connectivity index (χ3v) is 3.23. The van der Waals surface area contributed by atoms with E-state index in [1.54, 1.807) is 6.20 Å². The summed E-state index contributed by atoms with van der Waals surface area (Å²) in [5.41, 5.74) is 1.74. The zero-order chi connectivity index (χ0) is 14.8. The molecule has 21 heavy (non-hydrogen) atoms. The number of aromatic nitrogens is 1. The van der Waals surface area contributed by atoms with Gasteiger partial charge in [-0.15, -0.1) is 0 Å². The van der Waals surface area contributed by atoms with E-state index in [4.69, 9.17) is 0 Å². The number of halogens is 2. The summed E-state index contributed by atoms with van der Waals surface area (Å²) in [5.74, 6) is -1.82. The van der Waals surface area contributed by atoms with Gasteiger partial charge in [-0.05, 0) is 23.8 Å². The van der Waals surface area contributed by atoms with Crippen LogP contribution in [0.15, 0.2) is 48.7 Å². The van der Waals surface area contributed by atoms with Crippen LogP contribution in [0.4, 0.5) is 14.5 Å². The summed E-state index contributed by atoms with van der Waals surface area (Å²) in [6, 6.07) is 10.7. The molecule has 0 saturated heterocycles. The SMILES string of the molecule is O=C(Cc1c[nH]c2ccccc12)Nc1ccc(F)cc1F. The van der Waals surface area contributed by atoms with Crippen molar-refractivity contribution < 1.29 is 13.6 Å². The van der Waals surface area contributed by atoms with Crippen molar-refractivity contribution in [1.82, 2.24) is 4.98 Å². The van der Waals surface area contributed by atoms with Crippen LogP contribution >= 0.6 is 0 Å². The first-order chi connectivity index (χ1) is 10.1. The van der Waals surface area contributed by atoms with Crippen molar-refractivity contribution in [3.8, 4) is 0 Å². The number of fused-ring (bicyclic) bond motifs is 1. The van der Waals surface area contributed by atoms with Crippen molar-refractivity contribution in [2.75, 3.05) is 5.32 Å². The highest BCUT2D eigenvalue weighted by molar-refractivity contribution is 5.95. The Morgan fingerprint density at radius 2 is 1.95 bits per heavy atom. The maximum Gasteiger partial charge on any atom is 0.228 e. The van der Waals surface area contributed by atoms with Crippen LogP contribution in [-0.4, -0.2) is 10.9 Å². The van der Waals surface area contributed by atoms with Crippen LogP contribution in [0, 0.1) is 11.6 Å². The van der Waals surface area contributed by atoms with Crippen molar-refractivity contribution in [3.63, 3.8) is 0 Å². The van der Waals surface area contributed by atoms with E-state index in [1.807, 2.05) is 24.3 Å². The number of carbonyl (C=O) groups excluding carboxylic acids is 1. The Hall–Kier alpha value is -2.69. The van der Waals surface area contributed by atoms with Crippen molar-refractivity contribution in [2.24, 2.45) is 0 Å². The van der Waals surface area contributed by atoms with Gasteiger partial charge < -0.3 is 10.3 Å². The topological polar surface area (TPSA) is 44.9 Å². The summed E-state index contributed by atoms with van der Waals surface area (Å²) >= 11 is 0. The first kappa shape index (κ1) is 13.3. The van der Waals surface area contributed by atoms with E-state index in [1.165, 1.54) is 6.07 Å². The van der Waals surface area contributed by atoms with E-state index in [2.05, 4.69) is 10.3 Å². The Morgan fingerprint density at radius 3 is 2.76 bits per heavy atom. The van der Waals surface area contributed by atoms with Gasteiger partial charge in [0.25, 0.3) is 0 Å². The van der Waals surface area contributed by atoms with E-state index >= 15 is 0 Å². The van der Waals surface area contributed by atoms with E-state index < -0.39 is 11.6 Å². The number of H-pyrrole nitrogens is 1. The number of hydrogen-bond donors (Lipinski definition) is 2. The zero-order valence-electron chi connectivity index (χ0n) is 11.0. The monoisotopic (exact) mass is 286 g/mol. The molecule has 1 amide bonds. The Bertz CT molecular complexity index is 811. The first-order valence-corrected chi connectivity index (χ1v) is 6.43. The standard InChI is InChI=1S/C16H12F2N2O/c17-11-5-6-15(13(18)8-11)20-16(21)7-10-9-19-14-4-2-1-3-12(10)14/h1-6,8-9,19H,7H2,(H,20,21). The molecular formula is C16H12F2N2O. The molecule has 0 fully saturated rings. The molecule has 2 N–H and O–H groups in total. The maximum atomic E-state index is 13.5. The van der Waals surface area contributed by atoms with Gasteiger partial charge in [0.1, 0.15) is 11.6 Å². The largest absolute Gasteiger partial charge is 0.361 e. The summed E-state index contributed by atoms with van der Waals surface area (Å²) < 4.78 is 26.3.